The highest BCUT2D eigenvalue weighted by Gasteiger charge is 2.28. The molecule has 6 nitrogen and oxygen atoms in total. The third-order valence-electron chi connectivity index (χ3n) is 5.16. The molecular formula is C21H21N3O3S. The van der Waals surface area contributed by atoms with Crippen LogP contribution in [0.15, 0.2) is 42.5 Å². The molecule has 2 aromatic carbocycles. The summed E-state index contributed by atoms with van der Waals surface area (Å²) in [4.78, 5) is 19.8. The van der Waals surface area contributed by atoms with Crippen LogP contribution < -0.4 is 19.7 Å². The van der Waals surface area contributed by atoms with Gasteiger partial charge in [-0.2, -0.15) is 0 Å². The Labute approximate surface area is 167 Å². The molecule has 0 aliphatic carbocycles. The Balaban J connectivity index is 1.28. The number of fused-ring (bicyclic) bond motifs is 2. The topological polar surface area (TPSA) is 63.7 Å². The minimum Gasteiger partial charge on any atom is -0.486 e. The van der Waals surface area contributed by atoms with Gasteiger partial charge in [0.1, 0.15) is 13.2 Å². The Hall–Kier alpha value is -2.80. The predicted octanol–water partition coefficient (Wildman–Crippen LogP) is 3.92. The van der Waals surface area contributed by atoms with Gasteiger partial charge in [-0.15, -0.1) is 0 Å². The third-order valence-corrected chi connectivity index (χ3v) is 6.25. The van der Waals surface area contributed by atoms with Crippen molar-refractivity contribution in [3.8, 4) is 11.5 Å². The van der Waals surface area contributed by atoms with Crippen LogP contribution in [0.5, 0.6) is 11.5 Å². The number of nitrogens with one attached hydrogen (secondary N) is 1. The van der Waals surface area contributed by atoms with E-state index >= 15 is 0 Å². The first-order chi connectivity index (χ1) is 13.8. The van der Waals surface area contributed by atoms with Gasteiger partial charge in [0.25, 0.3) is 0 Å². The van der Waals surface area contributed by atoms with Crippen LogP contribution in [-0.4, -0.2) is 37.2 Å². The van der Waals surface area contributed by atoms with Crippen molar-refractivity contribution in [2.24, 2.45) is 5.92 Å². The maximum absolute atomic E-state index is 12.9. The van der Waals surface area contributed by atoms with Crippen LogP contribution in [0.2, 0.25) is 0 Å². The number of aromatic nitrogens is 1. The fraction of sp³-hybridized carbons (Fsp3) is 0.333. The fourth-order valence-corrected chi connectivity index (χ4v) is 4.73. The van der Waals surface area contributed by atoms with Crippen molar-refractivity contribution in [2.75, 3.05) is 36.5 Å². The zero-order valence-corrected chi connectivity index (χ0v) is 16.2. The summed E-state index contributed by atoms with van der Waals surface area (Å²) in [6, 6.07) is 13.7. The Morgan fingerprint density at radius 3 is 2.89 bits per heavy atom. The van der Waals surface area contributed by atoms with Crippen molar-refractivity contribution >= 4 is 38.3 Å². The number of amides is 1. The molecule has 1 N–H and O–H groups in total. The standard InChI is InChI=1S/C21H21N3O3S/c25-20(22-15-7-8-17-18(12-15)27-11-10-26-17)14-4-3-9-24(13-14)21-23-16-5-1-2-6-19(16)28-21/h1-2,5-8,12,14H,3-4,9-11,13H2,(H,22,25). The van der Waals surface area contributed by atoms with Crippen LogP contribution in [-0.2, 0) is 4.79 Å². The van der Waals surface area contributed by atoms with Crippen molar-refractivity contribution in [1.29, 1.82) is 0 Å². The summed E-state index contributed by atoms with van der Waals surface area (Å²) in [5, 5.41) is 4.04. The molecule has 1 aromatic heterocycles. The summed E-state index contributed by atoms with van der Waals surface area (Å²) in [5.41, 5.74) is 1.76. The van der Waals surface area contributed by atoms with Gasteiger partial charge in [-0.3, -0.25) is 4.79 Å². The number of thiazole rings is 1. The van der Waals surface area contributed by atoms with E-state index in [1.54, 1.807) is 11.3 Å². The number of ether oxygens (including phenoxy) is 2. The smallest absolute Gasteiger partial charge is 0.229 e. The van der Waals surface area contributed by atoms with E-state index in [4.69, 9.17) is 14.5 Å². The molecule has 144 valence electrons. The quantitative estimate of drug-likeness (QED) is 0.728. The Kier molecular flexibility index (Phi) is 4.52. The number of carbonyl (C=O) groups is 1. The zero-order chi connectivity index (χ0) is 18.9. The number of anilines is 2. The van der Waals surface area contributed by atoms with Crippen molar-refractivity contribution in [3.05, 3.63) is 42.5 Å². The minimum absolute atomic E-state index is 0.0440. The second kappa shape index (κ2) is 7.31. The van der Waals surface area contributed by atoms with E-state index in [0.717, 1.165) is 41.5 Å². The highest BCUT2D eigenvalue weighted by atomic mass is 32.1. The van der Waals surface area contributed by atoms with Crippen molar-refractivity contribution in [3.63, 3.8) is 0 Å². The largest absolute Gasteiger partial charge is 0.486 e. The number of piperidine rings is 1. The van der Waals surface area contributed by atoms with E-state index < -0.39 is 0 Å². The summed E-state index contributed by atoms with van der Waals surface area (Å²) >= 11 is 1.69. The van der Waals surface area contributed by atoms with Crippen LogP contribution in [0.25, 0.3) is 10.2 Å². The van der Waals surface area contributed by atoms with Crippen LogP contribution in [0.1, 0.15) is 12.8 Å². The average molecular weight is 395 g/mol. The molecule has 2 aliphatic heterocycles. The molecule has 2 aliphatic rings. The molecule has 1 fully saturated rings. The normalized spacial score (nSPS) is 18.9. The number of hydrogen-bond donors (Lipinski definition) is 1. The molecule has 0 radical (unpaired) electrons. The molecule has 0 spiro atoms. The summed E-state index contributed by atoms with van der Waals surface area (Å²) in [6.45, 7) is 2.72. The molecule has 0 saturated carbocycles. The lowest BCUT2D eigenvalue weighted by Gasteiger charge is -2.31. The number of nitrogens with zero attached hydrogens (tertiary/aromatic N) is 2. The summed E-state index contributed by atoms with van der Waals surface area (Å²) in [7, 11) is 0. The van der Waals surface area contributed by atoms with Gasteiger partial charge in [0, 0.05) is 24.8 Å². The fourth-order valence-electron chi connectivity index (χ4n) is 3.73. The molecule has 5 rings (SSSR count). The van der Waals surface area contributed by atoms with Gasteiger partial charge in [0.15, 0.2) is 16.6 Å². The van der Waals surface area contributed by atoms with E-state index in [1.165, 1.54) is 4.70 Å². The number of hydrogen-bond acceptors (Lipinski definition) is 6. The molecule has 1 amide bonds. The van der Waals surface area contributed by atoms with Gasteiger partial charge in [0.05, 0.1) is 16.1 Å². The zero-order valence-electron chi connectivity index (χ0n) is 15.4. The predicted molar refractivity (Wildman–Crippen MR) is 111 cm³/mol. The summed E-state index contributed by atoms with van der Waals surface area (Å²) in [6.07, 6.45) is 1.87. The van der Waals surface area contributed by atoms with E-state index in [0.29, 0.717) is 25.5 Å². The number of para-hydroxylation sites is 1. The Bertz CT molecular complexity index is 986. The van der Waals surface area contributed by atoms with E-state index in [-0.39, 0.29) is 11.8 Å². The first-order valence-electron chi connectivity index (χ1n) is 9.57. The van der Waals surface area contributed by atoms with Gasteiger partial charge in [0.2, 0.25) is 5.91 Å². The van der Waals surface area contributed by atoms with Crippen LogP contribution in [0.3, 0.4) is 0 Å². The number of carbonyl (C=O) groups excluding carboxylic acids is 1. The molecule has 1 unspecified atom stereocenters. The lowest BCUT2D eigenvalue weighted by atomic mass is 9.97. The maximum atomic E-state index is 12.9. The first-order valence-corrected chi connectivity index (χ1v) is 10.4. The molecule has 1 atom stereocenters. The maximum Gasteiger partial charge on any atom is 0.229 e. The van der Waals surface area contributed by atoms with Gasteiger partial charge in [-0.25, -0.2) is 4.98 Å². The average Bonchev–Trinajstić information content (AvgIpc) is 3.18. The second-order valence-corrected chi connectivity index (χ2v) is 8.11. The molecule has 7 heteroatoms. The van der Waals surface area contributed by atoms with Crippen LogP contribution in [0.4, 0.5) is 10.8 Å². The summed E-state index contributed by atoms with van der Waals surface area (Å²) < 4.78 is 12.3. The molecule has 1 saturated heterocycles. The number of benzene rings is 2. The molecule has 3 aromatic rings. The van der Waals surface area contributed by atoms with Crippen LogP contribution >= 0.6 is 11.3 Å². The lowest BCUT2D eigenvalue weighted by molar-refractivity contribution is -0.120. The highest BCUT2D eigenvalue weighted by Crippen LogP contribution is 2.34. The van der Waals surface area contributed by atoms with Gasteiger partial charge < -0.3 is 19.7 Å². The molecule has 3 heterocycles. The van der Waals surface area contributed by atoms with Crippen molar-refractivity contribution in [2.45, 2.75) is 12.8 Å². The molecular weight excluding hydrogens is 374 g/mol. The summed E-state index contributed by atoms with van der Waals surface area (Å²) in [5.74, 6) is 1.39. The Morgan fingerprint density at radius 1 is 1.14 bits per heavy atom. The molecule has 28 heavy (non-hydrogen) atoms. The van der Waals surface area contributed by atoms with Crippen molar-refractivity contribution in [1.82, 2.24) is 4.98 Å². The van der Waals surface area contributed by atoms with E-state index in [2.05, 4.69) is 16.3 Å². The van der Waals surface area contributed by atoms with Gasteiger partial charge in [-0.05, 0) is 37.1 Å². The van der Waals surface area contributed by atoms with Gasteiger partial charge >= 0.3 is 0 Å². The Morgan fingerprint density at radius 2 is 2.00 bits per heavy atom. The molecule has 0 bridgehead atoms. The van der Waals surface area contributed by atoms with Crippen LogP contribution in [0, 0.1) is 5.92 Å². The first kappa shape index (κ1) is 17.3. The van der Waals surface area contributed by atoms with E-state index in [9.17, 15) is 4.79 Å². The second-order valence-electron chi connectivity index (χ2n) is 7.10. The monoisotopic (exact) mass is 395 g/mol. The van der Waals surface area contributed by atoms with Crippen molar-refractivity contribution < 1.29 is 14.3 Å². The third kappa shape index (κ3) is 3.38. The van der Waals surface area contributed by atoms with E-state index in [1.807, 2.05) is 36.4 Å². The lowest BCUT2D eigenvalue weighted by Crippen LogP contribution is -2.40. The van der Waals surface area contributed by atoms with Gasteiger partial charge in [-0.1, -0.05) is 23.5 Å². The highest BCUT2D eigenvalue weighted by molar-refractivity contribution is 7.22. The number of rotatable bonds is 3. The minimum atomic E-state index is -0.0611. The SMILES string of the molecule is O=C(Nc1ccc2c(c1)OCCO2)C1CCCN(c2nc3ccccc3s2)C1.